The minimum Gasteiger partial charge on any atom is -0.313 e. The predicted molar refractivity (Wildman–Crippen MR) is 79.3 cm³/mol. The monoisotopic (exact) mass is 257 g/mol. The standard InChI is InChI=1S/C16H23N3/c1-5-14-10-15(19(4)18-14)11-16(17-3)13-8-6-12(2)7-9-13/h6-10,16-17H,5,11H2,1-4H3. The van der Waals surface area contributed by atoms with Crippen LogP contribution in [0.4, 0.5) is 0 Å². The maximum absolute atomic E-state index is 4.51. The summed E-state index contributed by atoms with van der Waals surface area (Å²) in [5, 5.41) is 7.91. The Morgan fingerprint density at radius 3 is 2.47 bits per heavy atom. The fourth-order valence-electron chi connectivity index (χ4n) is 2.33. The smallest absolute Gasteiger partial charge is 0.0624 e. The van der Waals surface area contributed by atoms with Gasteiger partial charge >= 0.3 is 0 Å². The molecule has 1 heterocycles. The molecule has 1 atom stereocenters. The van der Waals surface area contributed by atoms with E-state index in [1.165, 1.54) is 16.8 Å². The van der Waals surface area contributed by atoms with Gasteiger partial charge in [-0.05, 0) is 32.0 Å². The molecule has 3 nitrogen and oxygen atoms in total. The molecule has 2 rings (SSSR count). The summed E-state index contributed by atoms with van der Waals surface area (Å²) in [7, 11) is 4.04. The number of aryl methyl sites for hydroxylation is 3. The summed E-state index contributed by atoms with van der Waals surface area (Å²) < 4.78 is 2.00. The van der Waals surface area contributed by atoms with Gasteiger partial charge in [0.25, 0.3) is 0 Å². The van der Waals surface area contributed by atoms with Gasteiger partial charge in [0.05, 0.1) is 5.69 Å². The molecule has 1 unspecified atom stereocenters. The Kier molecular flexibility index (Phi) is 4.38. The van der Waals surface area contributed by atoms with Crippen LogP contribution < -0.4 is 5.32 Å². The van der Waals surface area contributed by atoms with E-state index < -0.39 is 0 Å². The van der Waals surface area contributed by atoms with Crippen molar-refractivity contribution in [3.63, 3.8) is 0 Å². The lowest BCUT2D eigenvalue weighted by molar-refractivity contribution is 0.561. The first-order valence-electron chi connectivity index (χ1n) is 6.89. The first kappa shape index (κ1) is 13.8. The van der Waals surface area contributed by atoms with Gasteiger partial charge in [0.1, 0.15) is 0 Å². The van der Waals surface area contributed by atoms with Gasteiger partial charge in [-0.1, -0.05) is 36.8 Å². The van der Waals surface area contributed by atoms with Crippen LogP contribution in [0.3, 0.4) is 0 Å². The highest BCUT2D eigenvalue weighted by atomic mass is 15.3. The van der Waals surface area contributed by atoms with E-state index in [-0.39, 0.29) is 0 Å². The van der Waals surface area contributed by atoms with Gasteiger partial charge in [-0.2, -0.15) is 5.10 Å². The zero-order valence-corrected chi connectivity index (χ0v) is 12.3. The highest BCUT2D eigenvalue weighted by molar-refractivity contribution is 5.25. The van der Waals surface area contributed by atoms with Crippen LogP contribution in [0.2, 0.25) is 0 Å². The molecule has 0 saturated heterocycles. The topological polar surface area (TPSA) is 29.9 Å². The third-order valence-corrected chi connectivity index (χ3v) is 3.63. The molecule has 0 aliphatic carbocycles. The van der Waals surface area contributed by atoms with Gasteiger partial charge < -0.3 is 5.32 Å². The van der Waals surface area contributed by atoms with Crippen LogP contribution in [-0.2, 0) is 19.9 Å². The van der Waals surface area contributed by atoms with Crippen molar-refractivity contribution < 1.29 is 0 Å². The second-order valence-electron chi connectivity index (χ2n) is 5.06. The van der Waals surface area contributed by atoms with Crippen molar-refractivity contribution in [1.82, 2.24) is 15.1 Å². The number of nitrogens with one attached hydrogen (secondary N) is 1. The Balaban J connectivity index is 2.18. The van der Waals surface area contributed by atoms with Crippen LogP contribution in [0.5, 0.6) is 0 Å². The Labute approximate surface area is 115 Å². The van der Waals surface area contributed by atoms with Crippen molar-refractivity contribution in [1.29, 1.82) is 0 Å². The number of rotatable bonds is 5. The average molecular weight is 257 g/mol. The van der Waals surface area contributed by atoms with Crippen LogP contribution >= 0.6 is 0 Å². The largest absolute Gasteiger partial charge is 0.313 e. The quantitative estimate of drug-likeness (QED) is 0.892. The SMILES string of the molecule is CCc1cc(CC(NC)c2ccc(C)cc2)n(C)n1. The van der Waals surface area contributed by atoms with Gasteiger partial charge in [0.2, 0.25) is 0 Å². The second kappa shape index (κ2) is 6.02. The normalized spacial score (nSPS) is 12.6. The lowest BCUT2D eigenvalue weighted by Gasteiger charge is -2.17. The van der Waals surface area contributed by atoms with Gasteiger partial charge in [0.15, 0.2) is 0 Å². The van der Waals surface area contributed by atoms with Crippen LogP contribution in [-0.4, -0.2) is 16.8 Å². The van der Waals surface area contributed by atoms with Crippen LogP contribution in [0, 0.1) is 6.92 Å². The minimum absolute atomic E-state index is 0.334. The molecular weight excluding hydrogens is 234 g/mol. The zero-order chi connectivity index (χ0) is 13.8. The molecular formula is C16H23N3. The van der Waals surface area contributed by atoms with E-state index in [9.17, 15) is 0 Å². The first-order chi connectivity index (χ1) is 9.13. The molecule has 2 aromatic rings. The molecule has 1 aromatic heterocycles. The first-order valence-corrected chi connectivity index (χ1v) is 6.89. The van der Waals surface area contributed by atoms with Crippen LogP contribution in [0.25, 0.3) is 0 Å². The van der Waals surface area contributed by atoms with Crippen molar-refractivity contribution in [2.24, 2.45) is 7.05 Å². The third kappa shape index (κ3) is 3.24. The number of likely N-dealkylation sites (N-methyl/N-ethyl adjacent to an activating group) is 1. The summed E-state index contributed by atoms with van der Waals surface area (Å²) in [6.45, 7) is 4.26. The molecule has 0 amide bonds. The molecule has 0 aliphatic heterocycles. The molecule has 0 radical (unpaired) electrons. The highest BCUT2D eigenvalue weighted by Crippen LogP contribution is 2.19. The van der Waals surface area contributed by atoms with Gasteiger partial charge in [-0.15, -0.1) is 0 Å². The maximum atomic E-state index is 4.51. The summed E-state index contributed by atoms with van der Waals surface area (Å²) in [6.07, 6.45) is 1.95. The minimum atomic E-state index is 0.334. The Bertz CT molecular complexity index is 525. The number of nitrogens with zero attached hydrogens (tertiary/aromatic N) is 2. The summed E-state index contributed by atoms with van der Waals surface area (Å²) in [5.74, 6) is 0. The zero-order valence-electron chi connectivity index (χ0n) is 12.3. The maximum Gasteiger partial charge on any atom is 0.0624 e. The molecule has 3 heteroatoms. The number of hydrogen-bond donors (Lipinski definition) is 1. The van der Waals surface area contributed by atoms with E-state index in [0.29, 0.717) is 6.04 Å². The molecule has 0 saturated carbocycles. The summed E-state index contributed by atoms with van der Waals surface area (Å²) in [6, 6.07) is 11.3. The number of aromatic nitrogens is 2. The molecule has 1 N–H and O–H groups in total. The van der Waals surface area contributed by atoms with E-state index in [1.54, 1.807) is 0 Å². The fraction of sp³-hybridized carbons (Fsp3) is 0.438. The van der Waals surface area contributed by atoms with E-state index >= 15 is 0 Å². The van der Waals surface area contributed by atoms with Gasteiger partial charge in [-0.3, -0.25) is 4.68 Å². The third-order valence-electron chi connectivity index (χ3n) is 3.63. The van der Waals surface area contributed by atoms with E-state index in [4.69, 9.17) is 0 Å². The van der Waals surface area contributed by atoms with Crippen molar-refractivity contribution in [3.05, 3.63) is 52.8 Å². The summed E-state index contributed by atoms with van der Waals surface area (Å²) in [4.78, 5) is 0. The predicted octanol–water partition coefficient (Wildman–Crippen LogP) is 2.79. The van der Waals surface area contributed by atoms with Gasteiger partial charge in [-0.25, -0.2) is 0 Å². The molecule has 1 aromatic carbocycles. The Hall–Kier alpha value is -1.61. The molecule has 0 bridgehead atoms. The van der Waals surface area contributed by atoms with Crippen molar-refractivity contribution in [2.75, 3.05) is 7.05 Å². The highest BCUT2D eigenvalue weighted by Gasteiger charge is 2.13. The molecule has 0 fully saturated rings. The van der Waals surface area contributed by atoms with Crippen LogP contribution in [0.15, 0.2) is 30.3 Å². The molecule has 19 heavy (non-hydrogen) atoms. The van der Waals surface area contributed by atoms with Crippen LogP contribution in [0.1, 0.15) is 35.5 Å². The van der Waals surface area contributed by atoms with Crippen molar-refractivity contribution in [3.8, 4) is 0 Å². The van der Waals surface area contributed by atoms with E-state index in [1.807, 2.05) is 18.8 Å². The van der Waals surface area contributed by atoms with Crippen molar-refractivity contribution >= 4 is 0 Å². The number of benzene rings is 1. The fourth-order valence-corrected chi connectivity index (χ4v) is 2.33. The second-order valence-corrected chi connectivity index (χ2v) is 5.06. The van der Waals surface area contributed by atoms with E-state index in [0.717, 1.165) is 18.5 Å². The van der Waals surface area contributed by atoms with Gasteiger partial charge in [0, 0.05) is 25.2 Å². The average Bonchev–Trinajstić information content (AvgIpc) is 2.78. The Morgan fingerprint density at radius 1 is 1.26 bits per heavy atom. The molecule has 0 aliphatic rings. The molecule has 0 spiro atoms. The lowest BCUT2D eigenvalue weighted by atomic mass is 10.0. The number of hydrogen-bond acceptors (Lipinski definition) is 2. The van der Waals surface area contributed by atoms with E-state index in [2.05, 4.69) is 54.6 Å². The summed E-state index contributed by atoms with van der Waals surface area (Å²) in [5.41, 5.74) is 5.06. The summed E-state index contributed by atoms with van der Waals surface area (Å²) >= 11 is 0. The van der Waals surface area contributed by atoms with Crippen molar-refractivity contribution in [2.45, 2.75) is 32.7 Å². The molecule has 102 valence electrons. The lowest BCUT2D eigenvalue weighted by Crippen LogP contribution is -2.20. The Morgan fingerprint density at radius 2 is 1.95 bits per heavy atom.